The maximum absolute atomic E-state index is 5.71. The summed E-state index contributed by atoms with van der Waals surface area (Å²) in [5.41, 5.74) is 10.3. The normalized spacial score (nSPS) is 10.0. The molecule has 0 saturated heterocycles. The molecule has 1 rings (SSSR count). The van der Waals surface area contributed by atoms with E-state index < -0.39 is 0 Å². The van der Waals surface area contributed by atoms with Crippen LogP contribution >= 0.6 is 0 Å². The van der Waals surface area contributed by atoms with E-state index in [1.165, 1.54) is 16.8 Å². The lowest BCUT2D eigenvalue weighted by molar-refractivity contribution is 1.10. The molecule has 0 amide bonds. The van der Waals surface area contributed by atoms with Gasteiger partial charge in [-0.3, -0.25) is 0 Å². The van der Waals surface area contributed by atoms with E-state index in [2.05, 4.69) is 18.7 Å². The molecular formula is C10H16N2. The summed E-state index contributed by atoms with van der Waals surface area (Å²) in [4.78, 5) is 2.12. The minimum Gasteiger partial charge on any atom is -0.399 e. The van der Waals surface area contributed by atoms with Gasteiger partial charge in [0.15, 0.2) is 0 Å². The fraction of sp³-hybridized carbons (Fsp3) is 0.400. The quantitative estimate of drug-likeness (QED) is 0.643. The van der Waals surface area contributed by atoms with Crippen LogP contribution in [0.5, 0.6) is 0 Å². The predicted octanol–water partition coefficient (Wildman–Crippen LogP) is 1.95. The molecule has 66 valence electrons. The van der Waals surface area contributed by atoms with E-state index in [1.807, 2.05) is 26.2 Å². The monoisotopic (exact) mass is 164 g/mol. The van der Waals surface area contributed by atoms with Crippen LogP contribution in [0.15, 0.2) is 12.1 Å². The second-order valence-corrected chi connectivity index (χ2v) is 3.40. The fourth-order valence-corrected chi connectivity index (χ4v) is 1.69. The third-order valence-corrected chi connectivity index (χ3v) is 1.96. The summed E-state index contributed by atoms with van der Waals surface area (Å²) in [7, 11) is 4.09. The number of hydrogen-bond acceptors (Lipinski definition) is 2. The molecule has 0 fully saturated rings. The molecule has 0 heterocycles. The van der Waals surface area contributed by atoms with Crippen molar-refractivity contribution in [2.45, 2.75) is 13.8 Å². The molecule has 2 nitrogen and oxygen atoms in total. The van der Waals surface area contributed by atoms with Crippen molar-refractivity contribution in [1.82, 2.24) is 0 Å². The van der Waals surface area contributed by atoms with Crippen molar-refractivity contribution in [3.63, 3.8) is 0 Å². The Balaban J connectivity index is 3.28. The molecule has 0 aliphatic carbocycles. The van der Waals surface area contributed by atoms with Crippen LogP contribution in [0.1, 0.15) is 11.1 Å². The third-order valence-electron chi connectivity index (χ3n) is 1.96. The summed E-state index contributed by atoms with van der Waals surface area (Å²) in [6.45, 7) is 4.16. The van der Waals surface area contributed by atoms with E-state index in [-0.39, 0.29) is 0 Å². The highest BCUT2D eigenvalue weighted by Crippen LogP contribution is 2.25. The molecule has 0 aromatic heterocycles. The number of nitrogens with two attached hydrogens (primary N) is 1. The van der Waals surface area contributed by atoms with Gasteiger partial charge < -0.3 is 10.6 Å². The van der Waals surface area contributed by atoms with Gasteiger partial charge in [0, 0.05) is 25.5 Å². The molecule has 0 atom stereocenters. The van der Waals surface area contributed by atoms with Crippen molar-refractivity contribution in [1.29, 1.82) is 0 Å². The molecule has 2 N–H and O–H groups in total. The molecule has 2 heteroatoms. The smallest absolute Gasteiger partial charge is 0.0421 e. The SMILES string of the molecule is Cc1cc(N)cc(C)c1N(C)C. The summed E-state index contributed by atoms with van der Waals surface area (Å²) in [5, 5.41) is 0. The lowest BCUT2D eigenvalue weighted by atomic mass is 10.1. The van der Waals surface area contributed by atoms with Crippen molar-refractivity contribution in [3.8, 4) is 0 Å². The first kappa shape index (κ1) is 8.91. The van der Waals surface area contributed by atoms with E-state index in [4.69, 9.17) is 5.73 Å². The maximum Gasteiger partial charge on any atom is 0.0421 e. The second kappa shape index (κ2) is 3.05. The number of anilines is 2. The Morgan fingerprint density at radius 3 is 1.83 bits per heavy atom. The predicted molar refractivity (Wildman–Crippen MR) is 54.7 cm³/mol. The highest BCUT2D eigenvalue weighted by Gasteiger charge is 2.04. The number of nitrogens with zero attached hydrogens (tertiary/aromatic N) is 1. The van der Waals surface area contributed by atoms with Crippen LogP contribution in [-0.4, -0.2) is 14.1 Å². The Morgan fingerprint density at radius 1 is 1.08 bits per heavy atom. The van der Waals surface area contributed by atoms with Crippen molar-refractivity contribution in [3.05, 3.63) is 23.3 Å². The Hall–Kier alpha value is -1.18. The number of nitrogen functional groups attached to an aromatic ring is 1. The first-order chi connectivity index (χ1) is 5.52. The maximum atomic E-state index is 5.71. The summed E-state index contributed by atoms with van der Waals surface area (Å²) in [6, 6.07) is 4.00. The van der Waals surface area contributed by atoms with Crippen LogP contribution in [0, 0.1) is 13.8 Å². The van der Waals surface area contributed by atoms with Gasteiger partial charge in [-0.15, -0.1) is 0 Å². The standard InChI is InChI=1S/C10H16N2/c1-7-5-9(11)6-8(2)10(7)12(3)4/h5-6H,11H2,1-4H3. The lowest BCUT2D eigenvalue weighted by Crippen LogP contribution is -2.12. The lowest BCUT2D eigenvalue weighted by Gasteiger charge is -2.18. The highest BCUT2D eigenvalue weighted by molar-refractivity contribution is 5.63. The van der Waals surface area contributed by atoms with Crippen molar-refractivity contribution in [2.75, 3.05) is 24.7 Å². The average Bonchev–Trinajstić information content (AvgIpc) is 1.82. The van der Waals surface area contributed by atoms with Gasteiger partial charge in [-0.25, -0.2) is 0 Å². The molecule has 12 heavy (non-hydrogen) atoms. The van der Waals surface area contributed by atoms with Gasteiger partial charge in [-0.05, 0) is 37.1 Å². The van der Waals surface area contributed by atoms with E-state index in [0.29, 0.717) is 0 Å². The van der Waals surface area contributed by atoms with Crippen LogP contribution in [0.4, 0.5) is 11.4 Å². The van der Waals surface area contributed by atoms with Gasteiger partial charge in [0.05, 0.1) is 0 Å². The Kier molecular flexibility index (Phi) is 2.27. The minimum atomic E-state index is 0.843. The fourth-order valence-electron chi connectivity index (χ4n) is 1.69. The first-order valence-electron chi connectivity index (χ1n) is 4.06. The van der Waals surface area contributed by atoms with Crippen molar-refractivity contribution in [2.24, 2.45) is 0 Å². The first-order valence-corrected chi connectivity index (χ1v) is 4.06. The van der Waals surface area contributed by atoms with E-state index in [9.17, 15) is 0 Å². The van der Waals surface area contributed by atoms with Crippen LogP contribution in [0.2, 0.25) is 0 Å². The van der Waals surface area contributed by atoms with Gasteiger partial charge in [0.25, 0.3) is 0 Å². The Labute approximate surface area is 74.0 Å². The number of aryl methyl sites for hydroxylation is 2. The Bertz CT molecular complexity index is 267. The Morgan fingerprint density at radius 2 is 1.50 bits per heavy atom. The van der Waals surface area contributed by atoms with Crippen LogP contribution in [0.25, 0.3) is 0 Å². The van der Waals surface area contributed by atoms with Crippen molar-refractivity contribution >= 4 is 11.4 Å². The molecule has 1 aromatic carbocycles. The zero-order valence-corrected chi connectivity index (χ0v) is 8.18. The van der Waals surface area contributed by atoms with Gasteiger partial charge in [-0.1, -0.05) is 0 Å². The molecule has 0 aliphatic rings. The molecular weight excluding hydrogens is 148 g/mol. The van der Waals surface area contributed by atoms with Crippen LogP contribution in [0.3, 0.4) is 0 Å². The molecule has 0 unspecified atom stereocenters. The molecule has 0 aliphatic heterocycles. The van der Waals surface area contributed by atoms with Gasteiger partial charge in [-0.2, -0.15) is 0 Å². The molecule has 0 radical (unpaired) electrons. The average molecular weight is 164 g/mol. The largest absolute Gasteiger partial charge is 0.399 e. The number of benzene rings is 1. The van der Waals surface area contributed by atoms with Crippen LogP contribution < -0.4 is 10.6 Å². The molecule has 0 spiro atoms. The zero-order chi connectivity index (χ0) is 9.30. The summed E-state index contributed by atoms with van der Waals surface area (Å²) in [5.74, 6) is 0. The summed E-state index contributed by atoms with van der Waals surface area (Å²) >= 11 is 0. The summed E-state index contributed by atoms with van der Waals surface area (Å²) in [6.07, 6.45) is 0. The third kappa shape index (κ3) is 1.52. The van der Waals surface area contributed by atoms with Crippen LogP contribution in [-0.2, 0) is 0 Å². The number of hydrogen-bond donors (Lipinski definition) is 1. The molecule has 1 aromatic rings. The molecule has 0 bridgehead atoms. The topological polar surface area (TPSA) is 29.3 Å². The van der Waals surface area contributed by atoms with E-state index in [1.54, 1.807) is 0 Å². The van der Waals surface area contributed by atoms with Gasteiger partial charge in [0.1, 0.15) is 0 Å². The molecule has 0 saturated carbocycles. The zero-order valence-electron chi connectivity index (χ0n) is 8.18. The second-order valence-electron chi connectivity index (χ2n) is 3.40. The van der Waals surface area contributed by atoms with Crippen molar-refractivity contribution < 1.29 is 0 Å². The van der Waals surface area contributed by atoms with Gasteiger partial charge >= 0.3 is 0 Å². The highest BCUT2D eigenvalue weighted by atomic mass is 15.1. The summed E-state index contributed by atoms with van der Waals surface area (Å²) < 4.78 is 0. The number of rotatable bonds is 1. The van der Waals surface area contributed by atoms with E-state index >= 15 is 0 Å². The van der Waals surface area contributed by atoms with E-state index in [0.717, 1.165) is 5.69 Å². The minimum absolute atomic E-state index is 0.843. The van der Waals surface area contributed by atoms with Gasteiger partial charge in [0.2, 0.25) is 0 Å².